The van der Waals surface area contributed by atoms with Gasteiger partial charge < -0.3 is 5.32 Å². The molecule has 20 heavy (non-hydrogen) atoms. The lowest BCUT2D eigenvalue weighted by Crippen LogP contribution is -1.96. The van der Waals surface area contributed by atoms with Crippen molar-refractivity contribution in [2.75, 3.05) is 5.32 Å². The van der Waals surface area contributed by atoms with Gasteiger partial charge in [-0.2, -0.15) is 0 Å². The number of thiazole rings is 2. The normalized spacial score (nSPS) is 11.4. The van der Waals surface area contributed by atoms with Crippen molar-refractivity contribution in [1.29, 1.82) is 0 Å². The number of aromatic nitrogens is 2. The highest BCUT2D eigenvalue weighted by Gasteiger charge is 2.13. The molecule has 0 aliphatic rings. The molecule has 0 saturated heterocycles. The molecule has 104 valence electrons. The third-order valence-corrected chi connectivity index (χ3v) is 4.67. The first-order valence-electron chi connectivity index (χ1n) is 5.95. The van der Waals surface area contributed by atoms with Gasteiger partial charge in [0.05, 0.1) is 21.8 Å². The van der Waals surface area contributed by atoms with Crippen LogP contribution in [0.1, 0.15) is 21.3 Å². The Kier molecular flexibility index (Phi) is 3.62. The fourth-order valence-electron chi connectivity index (χ4n) is 1.82. The summed E-state index contributed by atoms with van der Waals surface area (Å²) in [5.41, 5.74) is 1.51. The summed E-state index contributed by atoms with van der Waals surface area (Å²) in [6.07, 6.45) is -0.670. The summed E-state index contributed by atoms with van der Waals surface area (Å²) in [5.74, 6) is 0. The molecule has 0 bridgehead atoms. The lowest BCUT2D eigenvalue weighted by Gasteiger charge is -2.03. The number of alkyl halides is 2. The van der Waals surface area contributed by atoms with Crippen molar-refractivity contribution >= 4 is 38.6 Å². The van der Waals surface area contributed by atoms with Crippen molar-refractivity contribution in [3.8, 4) is 0 Å². The number of benzene rings is 1. The Hall–Kier alpha value is -1.60. The van der Waals surface area contributed by atoms with E-state index < -0.39 is 6.43 Å². The van der Waals surface area contributed by atoms with Crippen LogP contribution >= 0.6 is 22.7 Å². The van der Waals surface area contributed by atoms with Gasteiger partial charge in [-0.05, 0) is 25.1 Å². The van der Waals surface area contributed by atoms with Gasteiger partial charge in [0.15, 0.2) is 5.01 Å². The predicted octanol–water partition coefficient (Wildman–Crippen LogP) is 4.61. The van der Waals surface area contributed by atoms with Crippen molar-refractivity contribution in [3.05, 3.63) is 39.3 Å². The molecule has 1 aromatic carbocycles. The molecule has 2 aromatic heterocycles. The lowest BCUT2D eigenvalue weighted by atomic mass is 10.3. The summed E-state index contributed by atoms with van der Waals surface area (Å²) in [7, 11) is 0. The maximum Gasteiger partial charge on any atom is 0.289 e. The van der Waals surface area contributed by atoms with Gasteiger partial charge >= 0.3 is 0 Å². The molecule has 7 heteroatoms. The summed E-state index contributed by atoms with van der Waals surface area (Å²) in [5, 5.41) is 4.17. The third-order valence-electron chi connectivity index (χ3n) is 2.73. The number of anilines is 1. The first-order chi connectivity index (χ1) is 9.61. The van der Waals surface area contributed by atoms with Gasteiger partial charge in [0, 0.05) is 16.8 Å². The minimum Gasteiger partial charge on any atom is -0.380 e. The van der Waals surface area contributed by atoms with E-state index in [1.54, 1.807) is 17.4 Å². The number of hydrogen-bond donors (Lipinski definition) is 1. The molecule has 0 amide bonds. The Bertz CT molecular complexity index is 736. The number of nitrogens with zero attached hydrogens (tertiary/aromatic N) is 2. The van der Waals surface area contributed by atoms with Crippen molar-refractivity contribution in [2.45, 2.75) is 19.9 Å². The van der Waals surface area contributed by atoms with Crippen LogP contribution in [0.25, 0.3) is 10.2 Å². The SMILES string of the molecule is Cc1ncc(CNc2ccc3nc(C(F)F)sc3c2)s1. The number of fused-ring (bicyclic) bond motifs is 1. The zero-order chi connectivity index (χ0) is 14.1. The number of halogens is 2. The Morgan fingerprint density at radius 2 is 2.15 bits per heavy atom. The predicted molar refractivity (Wildman–Crippen MR) is 78.8 cm³/mol. The smallest absolute Gasteiger partial charge is 0.289 e. The molecule has 0 spiro atoms. The monoisotopic (exact) mass is 311 g/mol. The summed E-state index contributed by atoms with van der Waals surface area (Å²) in [6.45, 7) is 2.64. The maximum absolute atomic E-state index is 12.6. The zero-order valence-electron chi connectivity index (χ0n) is 10.6. The average molecular weight is 311 g/mol. The quantitative estimate of drug-likeness (QED) is 0.764. The molecule has 0 unspecified atom stereocenters. The van der Waals surface area contributed by atoms with Crippen LogP contribution in [-0.4, -0.2) is 9.97 Å². The van der Waals surface area contributed by atoms with Crippen molar-refractivity contribution in [3.63, 3.8) is 0 Å². The second kappa shape index (κ2) is 5.41. The van der Waals surface area contributed by atoms with Crippen LogP contribution in [0.2, 0.25) is 0 Å². The Morgan fingerprint density at radius 1 is 1.30 bits per heavy atom. The van der Waals surface area contributed by atoms with E-state index in [1.807, 2.05) is 25.3 Å². The highest BCUT2D eigenvalue weighted by atomic mass is 32.1. The fourth-order valence-corrected chi connectivity index (χ4v) is 3.42. The van der Waals surface area contributed by atoms with Gasteiger partial charge in [0.2, 0.25) is 0 Å². The molecule has 3 nitrogen and oxygen atoms in total. The molecule has 0 aliphatic carbocycles. The second-order valence-corrected chi connectivity index (χ2v) is 6.62. The summed E-state index contributed by atoms with van der Waals surface area (Å²) < 4.78 is 26.0. The maximum atomic E-state index is 12.6. The van der Waals surface area contributed by atoms with Gasteiger partial charge in [-0.3, -0.25) is 0 Å². The van der Waals surface area contributed by atoms with E-state index in [0.717, 1.165) is 31.6 Å². The van der Waals surface area contributed by atoms with Gasteiger partial charge in [-0.1, -0.05) is 0 Å². The number of hydrogen-bond acceptors (Lipinski definition) is 5. The second-order valence-electron chi connectivity index (χ2n) is 4.23. The molecule has 1 N–H and O–H groups in total. The first kappa shape index (κ1) is 13.4. The lowest BCUT2D eigenvalue weighted by molar-refractivity contribution is 0.151. The largest absolute Gasteiger partial charge is 0.380 e. The topological polar surface area (TPSA) is 37.8 Å². The molecule has 0 saturated carbocycles. The van der Waals surface area contributed by atoms with E-state index in [1.165, 1.54) is 0 Å². The van der Waals surface area contributed by atoms with Crippen LogP contribution in [0, 0.1) is 6.92 Å². The molecule has 0 radical (unpaired) electrons. The van der Waals surface area contributed by atoms with Crippen LogP contribution in [-0.2, 0) is 6.54 Å². The van der Waals surface area contributed by atoms with Crippen LogP contribution in [0.4, 0.5) is 14.5 Å². The summed E-state index contributed by atoms with van der Waals surface area (Å²) in [6, 6.07) is 5.47. The summed E-state index contributed by atoms with van der Waals surface area (Å²) in [4.78, 5) is 9.24. The van der Waals surface area contributed by atoms with Crippen LogP contribution in [0.3, 0.4) is 0 Å². The van der Waals surface area contributed by atoms with E-state index in [2.05, 4.69) is 15.3 Å². The molecular formula is C13H11F2N3S2. The number of rotatable bonds is 4. The Morgan fingerprint density at radius 3 is 2.85 bits per heavy atom. The van der Waals surface area contributed by atoms with Gasteiger partial charge in [0.1, 0.15) is 0 Å². The van der Waals surface area contributed by atoms with Crippen LogP contribution in [0.5, 0.6) is 0 Å². The molecule has 0 atom stereocenters. The van der Waals surface area contributed by atoms with E-state index in [4.69, 9.17) is 0 Å². The van der Waals surface area contributed by atoms with Crippen LogP contribution < -0.4 is 5.32 Å². The molecular weight excluding hydrogens is 300 g/mol. The fraction of sp³-hybridized carbons (Fsp3) is 0.231. The highest BCUT2D eigenvalue weighted by molar-refractivity contribution is 7.18. The van der Waals surface area contributed by atoms with Crippen molar-refractivity contribution in [1.82, 2.24) is 9.97 Å². The van der Waals surface area contributed by atoms with Crippen LogP contribution in [0.15, 0.2) is 24.4 Å². The summed E-state index contributed by atoms with van der Waals surface area (Å²) >= 11 is 2.67. The van der Waals surface area contributed by atoms with E-state index in [9.17, 15) is 8.78 Å². The minimum atomic E-state index is -2.51. The third kappa shape index (κ3) is 2.78. The number of aryl methyl sites for hydroxylation is 1. The molecule has 0 fully saturated rings. The standard InChI is InChI=1S/C13H11F2N3S2/c1-7-16-5-9(19-7)6-17-8-2-3-10-11(4-8)20-13(18-10)12(14)15/h2-5,12,17H,6H2,1H3. The molecule has 0 aliphatic heterocycles. The van der Waals surface area contributed by atoms with Gasteiger partial charge in [-0.15, -0.1) is 22.7 Å². The van der Waals surface area contributed by atoms with Crippen molar-refractivity contribution < 1.29 is 8.78 Å². The first-order valence-corrected chi connectivity index (χ1v) is 7.59. The van der Waals surface area contributed by atoms with E-state index in [-0.39, 0.29) is 5.01 Å². The Balaban J connectivity index is 1.78. The van der Waals surface area contributed by atoms with Crippen molar-refractivity contribution in [2.24, 2.45) is 0 Å². The highest BCUT2D eigenvalue weighted by Crippen LogP contribution is 2.31. The van der Waals surface area contributed by atoms with Gasteiger partial charge in [0.25, 0.3) is 6.43 Å². The Labute approximate surface area is 122 Å². The molecule has 2 heterocycles. The van der Waals surface area contributed by atoms with E-state index in [0.29, 0.717) is 12.1 Å². The zero-order valence-corrected chi connectivity index (χ0v) is 12.2. The molecule has 3 aromatic rings. The minimum absolute atomic E-state index is 0.129. The number of nitrogens with one attached hydrogen (secondary N) is 1. The molecule has 3 rings (SSSR count). The average Bonchev–Trinajstić information content (AvgIpc) is 3.01. The van der Waals surface area contributed by atoms with E-state index >= 15 is 0 Å². The van der Waals surface area contributed by atoms with Gasteiger partial charge in [-0.25, -0.2) is 18.7 Å².